The Morgan fingerprint density at radius 2 is 2.43 bits per heavy atom. The topological polar surface area (TPSA) is 21.9 Å². The average molecular weight is 99.2 g/mol. The molecule has 1 atom stereocenters. The molecule has 7 heavy (non-hydrogen) atoms. The van der Waals surface area contributed by atoms with Crippen LogP contribution in [-0.4, -0.2) is 12.6 Å². The fourth-order valence-electron chi connectivity index (χ4n) is 0.738. The lowest BCUT2D eigenvalue weighted by molar-refractivity contribution is 0.707. The summed E-state index contributed by atoms with van der Waals surface area (Å²) in [7, 11) is 0. The molecule has 1 nitrogen and oxygen atoms in total. The van der Waals surface area contributed by atoms with Crippen molar-refractivity contribution in [3.63, 3.8) is 0 Å². The maximum absolute atomic E-state index is 3.27. The Bertz CT molecular complexity index is 48.1. The first-order valence-electron chi connectivity index (χ1n) is 3.17. The van der Waals surface area contributed by atoms with Crippen LogP contribution in [0.3, 0.4) is 0 Å². The van der Waals surface area contributed by atoms with Crippen LogP contribution in [0.4, 0.5) is 0 Å². The van der Waals surface area contributed by atoms with Crippen LogP contribution in [-0.2, 0) is 0 Å². The van der Waals surface area contributed by atoms with Gasteiger partial charge in [-0.3, -0.25) is 0 Å². The van der Waals surface area contributed by atoms with Crippen molar-refractivity contribution in [1.82, 2.24) is 5.32 Å². The van der Waals surface area contributed by atoms with Gasteiger partial charge in [0.05, 0.1) is 0 Å². The van der Waals surface area contributed by atoms with Crippen LogP contribution >= 0.6 is 0 Å². The van der Waals surface area contributed by atoms with Crippen LogP contribution in [0.5, 0.6) is 0 Å². The predicted octanol–water partition coefficient (Wildman–Crippen LogP) is 1.15. The van der Waals surface area contributed by atoms with E-state index in [1.165, 1.54) is 25.8 Å². The van der Waals surface area contributed by atoms with E-state index < -0.39 is 0 Å². The number of nitrogens with one attached hydrogen (secondary N) is 1. The zero-order valence-electron chi connectivity index (χ0n) is 4.91. The van der Waals surface area contributed by atoms with E-state index in [1.807, 2.05) is 0 Å². The molecule has 1 fully saturated rings. The van der Waals surface area contributed by atoms with Crippen molar-refractivity contribution < 1.29 is 0 Å². The Hall–Kier alpha value is -0.0400. The van der Waals surface area contributed by atoms with E-state index in [4.69, 9.17) is 0 Å². The lowest BCUT2D eigenvalue weighted by Crippen LogP contribution is -1.87. The first-order valence-corrected chi connectivity index (χ1v) is 3.17. The van der Waals surface area contributed by atoms with Gasteiger partial charge >= 0.3 is 0 Å². The molecule has 0 bridgehead atoms. The third-order valence-corrected chi connectivity index (χ3v) is 1.40. The van der Waals surface area contributed by atoms with E-state index >= 15 is 0 Å². The minimum Gasteiger partial charge on any atom is -0.311 e. The van der Waals surface area contributed by atoms with Crippen molar-refractivity contribution in [2.24, 2.45) is 0 Å². The number of rotatable bonds is 3. The molecule has 0 amide bonds. The van der Waals surface area contributed by atoms with Crippen molar-refractivity contribution in [3.05, 3.63) is 0 Å². The van der Waals surface area contributed by atoms with Crippen LogP contribution in [0.25, 0.3) is 0 Å². The molecule has 1 N–H and O–H groups in total. The molecule has 0 aromatic heterocycles. The molecule has 0 radical (unpaired) electrons. The molecule has 1 saturated heterocycles. The largest absolute Gasteiger partial charge is 0.311 e. The Balaban J connectivity index is 1.80. The molecule has 0 aliphatic carbocycles. The summed E-state index contributed by atoms with van der Waals surface area (Å²) in [6, 6.07) is 0.903. The van der Waals surface area contributed by atoms with Crippen LogP contribution in [0.2, 0.25) is 0 Å². The minimum absolute atomic E-state index is 0.903. The van der Waals surface area contributed by atoms with Gasteiger partial charge in [0, 0.05) is 12.6 Å². The molecular formula is C6H13N. The van der Waals surface area contributed by atoms with Gasteiger partial charge in [0.25, 0.3) is 0 Å². The standard InChI is InChI=1S/C6H13N/c1-2-3-4-6-5-7-6/h6-7H,2-5H2,1H3/t6-/m1/s1. The fraction of sp³-hybridized carbons (Fsp3) is 1.00. The molecule has 42 valence electrons. The molecule has 1 heteroatoms. The predicted molar refractivity (Wildman–Crippen MR) is 31.3 cm³/mol. The summed E-state index contributed by atoms with van der Waals surface area (Å²) in [5.41, 5.74) is 0. The normalized spacial score (nSPS) is 27.9. The fourth-order valence-corrected chi connectivity index (χ4v) is 0.738. The molecule has 1 heterocycles. The molecule has 0 aromatic carbocycles. The smallest absolute Gasteiger partial charge is 0.0193 e. The summed E-state index contributed by atoms with van der Waals surface area (Å²) in [4.78, 5) is 0. The highest BCUT2D eigenvalue weighted by Gasteiger charge is 2.17. The van der Waals surface area contributed by atoms with Crippen molar-refractivity contribution in [2.75, 3.05) is 6.54 Å². The highest BCUT2D eigenvalue weighted by atomic mass is 15.1. The average Bonchev–Trinajstić information content (AvgIpc) is 2.42. The van der Waals surface area contributed by atoms with Crippen molar-refractivity contribution in [1.29, 1.82) is 0 Å². The summed E-state index contributed by atoms with van der Waals surface area (Å²) >= 11 is 0. The maximum Gasteiger partial charge on any atom is 0.0193 e. The van der Waals surface area contributed by atoms with Gasteiger partial charge in [-0.25, -0.2) is 0 Å². The van der Waals surface area contributed by atoms with Gasteiger partial charge in [0.2, 0.25) is 0 Å². The van der Waals surface area contributed by atoms with E-state index in [1.54, 1.807) is 0 Å². The van der Waals surface area contributed by atoms with E-state index in [-0.39, 0.29) is 0 Å². The molecule has 0 aromatic rings. The van der Waals surface area contributed by atoms with Crippen LogP contribution in [0, 0.1) is 0 Å². The van der Waals surface area contributed by atoms with Gasteiger partial charge < -0.3 is 5.32 Å². The van der Waals surface area contributed by atoms with Crippen LogP contribution in [0.15, 0.2) is 0 Å². The van der Waals surface area contributed by atoms with Gasteiger partial charge in [-0.05, 0) is 6.42 Å². The summed E-state index contributed by atoms with van der Waals surface area (Å²) in [6.45, 7) is 3.52. The lowest BCUT2D eigenvalue weighted by atomic mass is 10.2. The Morgan fingerprint density at radius 3 is 2.86 bits per heavy atom. The van der Waals surface area contributed by atoms with Crippen molar-refractivity contribution >= 4 is 0 Å². The van der Waals surface area contributed by atoms with Gasteiger partial charge in [0.1, 0.15) is 0 Å². The third kappa shape index (κ3) is 1.93. The lowest BCUT2D eigenvalue weighted by Gasteiger charge is -1.87. The Morgan fingerprint density at radius 1 is 1.71 bits per heavy atom. The summed E-state index contributed by atoms with van der Waals surface area (Å²) < 4.78 is 0. The quantitative estimate of drug-likeness (QED) is 0.527. The third-order valence-electron chi connectivity index (χ3n) is 1.40. The second-order valence-corrected chi connectivity index (χ2v) is 2.25. The Labute approximate surface area is 45.1 Å². The molecule has 1 aliphatic heterocycles. The van der Waals surface area contributed by atoms with Crippen molar-refractivity contribution in [2.45, 2.75) is 32.2 Å². The van der Waals surface area contributed by atoms with Gasteiger partial charge in [-0.2, -0.15) is 0 Å². The molecule has 0 unspecified atom stereocenters. The van der Waals surface area contributed by atoms with E-state index in [0.717, 1.165) is 6.04 Å². The minimum atomic E-state index is 0.903. The number of unbranched alkanes of at least 4 members (excludes halogenated alkanes) is 1. The van der Waals surface area contributed by atoms with Crippen LogP contribution < -0.4 is 5.32 Å². The maximum atomic E-state index is 3.27. The number of hydrogen-bond donors (Lipinski definition) is 1. The van der Waals surface area contributed by atoms with E-state index in [0.29, 0.717) is 0 Å². The summed E-state index contributed by atoms with van der Waals surface area (Å²) in [5.74, 6) is 0. The molecular weight excluding hydrogens is 86.1 g/mol. The monoisotopic (exact) mass is 99.1 g/mol. The zero-order valence-corrected chi connectivity index (χ0v) is 4.91. The van der Waals surface area contributed by atoms with Gasteiger partial charge in [-0.1, -0.05) is 19.8 Å². The molecule has 0 saturated carbocycles. The highest BCUT2D eigenvalue weighted by molar-refractivity contribution is 4.81. The molecule has 1 aliphatic rings. The van der Waals surface area contributed by atoms with Crippen molar-refractivity contribution in [3.8, 4) is 0 Å². The first-order chi connectivity index (χ1) is 3.43. The highest BCUT2D eigenvalue weighted by Crippen LogP contribution is 2.06. The second-order valence-electron chi connectivity index (χ2n) is 2.25. The Kier molecular flexibility index (Phi) is 1.69. The second kappa shape index (κ2) is 2.31. The zero-order chi connectivity index (χ0) is 5.11. The van der Waals surface area contributed by atoms with E-state index in [9.17, 15) is 0 Å². The van der Waals surface area contributed by atoms with Gasteiger partial charge in [-0.15, -0.1) is 0 Å². The molecule has 0 spiro atoms. The van der Waals surface area contributed by atoms with Crippen LogP contribution in [0.1, 0.15) is 26.2 Å². The van der Waals surface area contributed by atoms with Gasteiger partial charge in [0.15, 0.2) is 0 Å². The first kappa shape index (κ1) is 5.10. The summed E-state index contributed by atoms with van der Waals surface area (Å²) in [5, 5.41) is 3.27. The molecule has 1 rings (SSSR count). The SMILES string of the molecule is CCCC[C@@H]1CN1. The van der Waals surface area contributed by atoms with E-state index in [2.05, 4.69) is 12.2 Å². The number of hydrogen-bond acceptors (Lipinski definition) is 1. The summed E-state index contributed by atoms with van der Waals surface area (Å²) in [6.07, 6.45) is 4.15.